The number of nitrogens with one attached hydrogen (secondary N) is 2. The second-order valence-electron chi connectivity index (χ2n) is 4.17. The van der Waals surface area contributed by atoms with E-state index < -0.39 is 0 Å². The number of anilines is 1. The van der Waals surface area contributed by atoms with Crippen molar-refractivity contribution in [2.75, 3.05) is 5.32 Å². The average molecular weight is 273 g/mol. The average Bonchev–Trinajstić information content (AvgIpc) is 3.10. The molecule has 0 radical (unpaired) electrons. The minimum absolute atomic E-state index is 0.172. The molecule has 0 fully saturated rings. The molecule has 0 aliphatic carbocycles. The molecule has 0 unspecified atom stereocenters. The number of amides is 1. The first-order valence-corrected chi connectivity index (χ1v) is 5.84. The van der Waals surface area contributed by atoms with Gasteiger partial charge in [-0.1, -0.05) is 5.16 Å². The van der Waals surface area contributed by atoms with Gasteiger partial charge < -0.3 is 8.94 Å². The van der Waals surface area contributed by atoms with Crippen LogP contribution in [0, 0.1) is 13.8 Å². The fourth-order valence-electron chi connectivity index (χ4n) is 1.82. The van der Waals surface area contributed by atoms with Gasteiger partial charge in [0.2, 0.25) is 5.95 Å². The maximum absolute atomic E-state index is 12.1. The van der Waals surface area contributed by atoms with E-state index in [1.54, 1.807) is 19.9 Å². The van der Waals surface area contributed by atoms with Crippen LogP contribution in [0.2, 0.25) is 0 Å². The number of nitrogens with zero attached hydrogens (tertiary/aromatic N) is 3. The van der Waals surface area contributed by atoms with Gasteiger partial charge in [0.05, 0.1) is 17.5 Å². The lowest BCUT2D eigenvalue weighted by Crippen LogP contribution is -2.14. The van der Waals surface area contributed by atoms with E-state index in [0.717, 1.165) is 5.56 Å². The number of aryl methyl sites for hydroxylation is 2. The molecule has 1 amide bonds. The van der Waals surface area contributed by atoms with Gasteiger partial charge in [0, 0.05) is 0 Å². The maximum atomic E-state index is 12.1. The topological polar surface area (TPSA) is 110 Å². The first kappa shape index (κ1) is 12.2. The van der Waals surface area contributed by atoms with Gasteiger partial charge in [-0.15, -0.1) is 5.10 Å². The Bertz CT molecular complexity index is 722. The number of H-pyrrole nitrogens is 1. The highest BCUT2D eigenvalue weighted by atomic mass is 16.5. The normalized spacial score (nSPS) is 10.7. The third kappa shape index (κ3) is 2.07. The molecule has 0 spiro atoms. The van der Waals surface area contributed by atoms with Gasteiger partial charge in [0.25, 0.3) is 5.91 Å². The minimum Gasteiger partial charge on any atom is -0.472 e. The SMILES string of the molecule is Cc1noc(C)c1C(=O)Nc1n[nH]c(-c2ccoc2)n1. The van der Waals surface area contributed by atoms with E-state index in [4.69, 9.17) is 8.94 Å². The number of carbonyl (C=O) groups is 1. The molecule has 0 bridgehead atoms. The van der Waals surface area contributed by atoms with Crippen LogP contribution in [0.1, 0.15) is 21.8 Å². The lowest BCUT2D eigenvalue weighted by Gasteiger charge is -1.98. The van der Waals surface area contributed by atoms with E-state index in [1.165, 1.54) is 12.5 Å². The smallest absolute Gasteiger partial charge is 0.263 e. The Morgan fingerprint density at radius 2 is 2.25 bits per heavy atom. The molecule has 0 saturated heterocycles. The Morgan fingerprint density at radius 1 is 1.40 bits per heavy atom. The van der Waals surface area contributed by atoms with Gasteiger partial charge in [0.15, 0.2) is 5.82 Å². The maximum Gasteiger partial charge on any atom is 0.263 e. The minimum atomic E-state index is -0.362. The van der Waals surface area contributed by atoms with Gasteiger partial charge >= 0.3 is 0 Å². The van der Waals surface area contributed by atoms with Crippen molar-refractivity contribution in [1.29, 1.82) is 0 Å². The Kier molecular flexibility index (Phi) is 2.82. The van der Waals surface area contributed by atoms with Gasteiger partial charge in [-0.3, -0.25) is 15.2 Å². The second-order valence-corrected chi connectivity index (χ2v) is 4.17. The summed E-state index contributed by atoms with van der Waals surface area (Å²) in [7, 11) is 0. The fraction of sp³-hybridized carbons (Fsp3) is 0.167. The molecule has 20 heavy (non-hydrogen) atoms. The summed E-state index contributed by atoms with van der Waals surface area (Å²) in [5.74, 6) is 0.767. The molecule has 0 aromatic carbocycles. The molecule has 3 aromatic heterocycles. The van der Waals surface area contributed by atoms with Gasteiger partial charge in [-0.25, -0.2) is 0 Å². The number of furan rings is 1. The standard InChI is InChI=1S/C12H11N5O3/c1-6-9(7(2)20-17-6)11(18)14-12-13-10(15-16-12)8-3-4-19-5-8/h3-5H,1-2H3,(H2,13,14,15,16,18). The van der Waals surface area contributed by atoms with Crippen molar-refractivity contribution in [3.05, 3.63) is 35.6 Å². The van der Waals surface area contributed by atoms with Crippen LogP contribution in [-0.2, 0) is 0 Å². The molecule has 3 heterocycles. The lowest BCUT2D eigenvalue weighted by molar-refractivity contribution is 0.102. The predicted octanol–water partition coefficient (Wildman–Crippen LogP) is 1.92. The second kappa shape index (κ2) is 4.65. The number of rotatable bonds is 3. The predicted molar refractivity (Wildman–Crippen MR) is 68.0 cm³/mol. The summed E-state index contributed by atoms with van der Waals surface area (Å²) >= 11 is 0. The van der Waals surface area contributed by atoms with Crippen molar-refractivity contribution >= 4 is 11.9 Å². The summed E-state index contributed by atoms with van der Waals surface area (Å²) in [5, 5.41) is 12.9. The number of hydrogen-bond acceptors (Lipinski definition) is 6. The molecule has 0 saturated carbocycles. The summed E-state index contributed by atoms with van der Waals surface area (Å²) in [5.41, 5.74) is 1.65. The van der Waals surface area contributed by atoms with Crippen LogP contribution in [0.25, 0.3) is 11.4 Å². The van der Waals surface area contributed by atoms with Crippen molar-refractivity contribution in [3.63, 3.8) is 0 Å². The Hall–Kier alpha value is -2.90. The van der Waals surface area contributed by atoms with Crippen LogP contribution in [0.5, 0.6) is 0 Å². The van der Waals surface area contributed by atoms with E-state index in [0.29, 0.717) is 22.8 Å². The van der Waals surface area contributed by atoms with Crippen LogP contribution in [-0.4, -0.2) is 26.2 Å². The molecule has 102 valence electrons. The van der Waals surface area contributed by atoms with Crippen LogP contribution >= 0.6 is 0 Å². The quantitative estimate of drug-likeness (QED) is 0.754. The number of hydrogen-bond donors (Lipinski definition) is 2. The summed E-state index contributed by atoms with van der Waals surface area (Å²) in [6, 6.07) is 1.74. The molecule has 0 aliphatic rings. The molecule has 2 N–H and O–H groups in total. The van der Waals surface area contributed by atoms with E-state index in [-0.39, 0.29) is 11.9 Å². The highest BCUT2D eigenvalue weighted by Gasteiger charge is 2.19. The van der Waals surface area contributed by atoms with Crippen molar-refractivity contribution in [2.45, 2.75) is 13.8 Å². The Morgan fingerprint density at radius 3 is 2.90 bits per heavy atom. The number of carbonyl (C=O) groups excluding carboxylic acids is 1. The molecular weight excluding hydrogens is 262 g/mol. The first-order valence-electron chi connectivity index (χ1n) is 5.84. The summed E-state index contributed by atoms with van der Waals surface area (Å²) in [6.45, 7) is 3.37. The third-order valence-electron chi connectivity index (χ3n) is 2.77. The molecule has 3 rings (SSSR count). The monoisotopic (exact) mass is 273 g/mol. The Labute approximate surface area is 113 Å². The van der Waals surface area contributed by atoms with Crippen molar-refractivity contribution in [1.82, 2.24) is 20.3 Å². The molecule has 0 atom stereocenters. The van der Waals surface area contributed by atoms with Crippen LogP contribution in [0.3, 0.4) is 0 Å². The highest BCUT2D eigenvalue weighted by Crippen LogP contribution is 2.17. The number of aromatic nitrogens is 4. The van der Waals surface area contributed by atoms with Gasteiger partial charge in [-0.05, 0) is 19.9 Å². The zero-order chi connectivity index (χ0) is 14.1. The molecule has 0 aliphatic heterocycles. The molecular formula is C12H11N5O3. The van der Waals surface area contributed by atoms with Gasteiger partial charge in [0.1, 0.15) is 17.6 Å². The molecule has 8 nitrogen and oxygen atoms in total. The van der Waals surface area contributed by atoms with Crippen LogP contribution in [0.4, 0.5) is 5.95 Å². The van der Waals surface area contributed by atoms with Gasteiger partial charge in [-0.2, -0.15) is 4.98 Å². The summed E-state index contributed by atoms with van der Waals surface area (Å²) in [6.07, 6.45) is 3.06. The van der Waals surface area contributed by atoms with E-state index >= 15 is 0 Å². The van der Waals surface area contributed by atoms with E-state index in [1.807, 2.05) is 0 Å². The van der Waals surface area contributed by atoms with Crippen molar-refractivity contribution in [3.8, 4) is 11.4 Å². The van der Waals surface area contributed by atoms with Crippen molar-refractivity contribution < 1.29 is 13.7 Å². The largest absolute Gasteiger partial charge is 0.472 e. The zero-order valence-electron chi connectivity index (χ0n) is 10.8. The van der Waals surface area contributed by atoms with Crippen LogP contribution < -0.4 is 5.32 Å². The van der Waals surface area contributed by atoms with E-state index in [9.17, 15) is 4.79 Å². The Balaban J connectivity index is 1.80. The zero-order valence-corrected chi connectivity index (χ0v) is 10.8. The molecule has 3 aromatic rings. The molecule has 8 heteroatoms. The van der Waals surface area contributed by atoms with E-state index in [2.05, 4.69) is 25.7 Å². The van der Waals surface area contributed by atoms with Crippen LogP contribution in [0.15, 0.2) is 27.5 Å². The first-order chi connectivity index (χ1) is 9.65. The third-order valence-corrected chi connectivity index (χ3v) is 2.77. The summed E-state index contributed by atoms with van der Waals surface area (Å²) < 4.78 is 9.90. The fourth-order valence-corrected chi connectivity index (χ4v) is 1.82. The summed E-state index contributed by atoms with van der Waals surface area (Å²) in [4.78, 5) is 16.2. The number of aromatic amines is 1. The van der Waals surface area contributed by atoms with Crippen molar-refractivity contribution in [2.24, 2.45) is 0 Å². The lowest BCUT2D eigenvalue weighted by atomic mass is 10.2. The highest BCUT2D eigenvalue weighted by molar-refractivity contribution is 6.04.